The predicted octanol–water partition coefficient (Wildman–Crippen LogP) is 3.76. The summed E-state index contributed by atoms with van der Waals surface area (Å²) in [6.45, 7) is 4.74. The molecule has 2 rings (SSSR count). The van der Waals surface area contributed by atoms with E-state index in [-0.39, 0.29) is 24.0 Å². The monoisotopic (exact) mass is 483 g/mol. The topological polar surface area (TPSA) is 54.9 Å². The molecule has 5 nitrogen and oxygen atoms in total. The van der Waals surface area contributed by atoms with E-state index in [4.69, 9.17) is 9.47 Å². The third-order valence-corrected chi connectivity index (χ3v) is 4.08. The van der Waals surface area contributed by atoms with Gasteiger partial charge in [0.15, 0.2) is 5.96 Å². The lowest BCUT2D eigenvalue weighted by Crippen LogP contribution is -2.36. The van der Waals surface area contributed by atoms with Gasteiger partial charge in [-0.15, -0.1) is 24.0 Å². The highest BCUT2D eigenvalue weighted by atomic mass is 127. The third kappa shape index (κ3) is 8.17. The summed E-state index contributed by atoms with van der Waals surface area (Å²) in [5.41, 5.74) is 3.79. The first-order valence-corrected chi connectivity index (χ1v) is 8.98. The molecule has 0 unspecified atom stereocenters. The van der Waals surface area contributed by atoms with Gasteiger partial charge >= 0.3 is 0 Å². The Bertz CT molecular complexity index is 707. The van der Waals surface area contributed by atoms with Crippen LogP contribution < -0.4 is 15.4 Å². The van der Waals surface area contributed by atoms with Gasteiger partial charge in [0.1, 0.15) is 12.4 Å². The largest absolute Gasteiger partial charge is 0.491 e. The minimum atomic E-state index is 0. The zero-order valence-corrected chi connectivity index (χ0v) is 18.7. The first-order chi connectivity index (χ1) is 12.8. The molecule has 2 aromatic carbocycles. The van der Waals surface area contributed by atoms with Crippen molar-refractivity contribution in [3.8, 4) is 5.75 Å². The van der Waals surface area contributed by atoms with Crippen LogP contribution in [-0.2, 0) is 24.2 Å². The Morgan fingerprint density at radius 3 is 2.41 bits per heavy atom. The number of aryl methyl sites for hydroxylation is 1. The van der Waals surface area contributed by atoms with Crippen molar-refractivity contribution in [2.75, 3.05) is 27.4 Å². The van der Waals surface area contributed by atoms with Gasteiger partial charge in [-0.25, -0.2) is 0 Å². The molecule has 0 bridgehead atoms. The van der Waals surface area contributed by atoms with E-state index in [0.717, 1.165) is 30.2 Å². The van der Waals surface area contributed by atoms with Crippen molar-refractivity contribution < 1.29 is 9.47 Å². The molecule has 0 heterocycles. The van der Waals surface area contributed by atoms with Crippen LogP contribution in [0.1, 0.15) is 23.6 Å². The van der Waals surface area contributed by atoms with E-state index in [1.165, 1.54) is 11.1 Å². The summed E-state index contributed by atoms with van der Waals surface area (Å²) in [6, 6.07) is 16.5. The standard InChI is InChI=1S/C21H29N3O2.HI/c1-4-18-9-5-6-10-19(18)16-24-21(22-2)23-15-17-8-7-11-20(14-17)26-13-12-25-3;/h5-11,14H,4,12-13,15-16H2,1-3H3,(H2,22,23,24);1H. The number of hydrogen-bond donors (Lipinski definition) is 2. The molecule has 0 atom stereocenters. The number of ether oxygens (including phenoxy) is 2. The molecule has 0 aliphatic rings. The van der Waals surface area contributed by atoms with Crippen LogP contribution in [0.5, 0.6) is 5.75 Å². The van der Waals surface area contributed by atoms with Gasteiger partial charge in [0.25, 0.3) is 0 Å². The SMILES string of the molecule is CCc1ccccc1CNC(=NC)NCc1cccc(OCCOC)c1.I. The summed E-state index contributed by atoms with van der Waals surface area (Å²) in [6.07, 6.45) is 1.03. The summed E-state index contributed by atoms with van der Waals surface area (Å²) < 4.78 is 10.7. The fourth-order valence-electron chi connectivity index (χ4n) is 2.65. The maximum absolute atomic E-state index is 5.65. The lowest BCUT2D eigenvalue weighted by Gasteiger charge is -2.14. The second-order valence-corrected chi connectivity index (χ2v) is 5.89. The summed E-state index contributed by atoms with van der Waals surface area (Å²) in [7, 11) is 3.45. The van der Waals surface area contributed by atoms with Crippen molar-refractivity contribution in [2.45, 2.75) is 26.4 Å². The molecule has 0 amide bonds. The highest BCUT2D eigenvalue weighted by Gasteiger charge is 2.03. The van der Waals surface area contributed by atoms with E-state index in [2.05, 4.69) is 52.9 Å². The van der Waals surface area contributed by atoms with Crippen molar-refractivity contribution in [3.05, 3.63) is 65.2 Å². The van der Waals surface area contributed by atoms with Crippen molar-refractivity contribution >= 4 is 29.9 Å². The van der Waals surface area contributed by atoms with Crippen molar-refractivity contribution in [1.29, 1.82) is 0 Å². The average Bonchev–Trinajstić information content (AvgIpc) is 2.69. The molecule has 0 spiro atoms. The first kappa shape index (κ1) is 23.2. The lowest BCUT2D eigenvalue weighted by molar-refractivity contribution is 0.146. The van der Waals surface area contributed by atoms with Gasteiger partial charge in [-0.3, -0.25) is 4.99 Å². The lowest BCUT2D eigenvalue weighted by atomic mass is 10.1. The molecule has 0 aliphatic carbocycles. The molecule has 2 aromatic rings. The van der Waals surface area contributed by atoms with Crippen LogP contribution in [0.2, 0.25) is 0 Å². The number of guanidine groups is 1. The van der Waals surface area contributed by atoms with Crippen LogP contribution in [0.25, 0.3) is 0 Å². The Morgan fingerprint density at radius 2 is 1.70 bits per heavy atom. The summed E-state index contributed by atoms with van der Waals surface area (Å²) in [5, 5.41) is 6.72. The highest BCUT2D eigenvalue weighted by molar-refractivity contribution is 14.0. The molecule has 148 valence electrons. The van der Waals surface area contributed by atoms with Gasteiger partial charge in [0.05, 0.1) is 6.61 Å². The molecule has 0 aliphatic heterocycles. The number of methoxy groups -OCH3 is 1. The van der Waals surface area contributed by atoms with Gasteiger partial charge in [-0.05, 0) is 35.2 Å². The van der Waals surface area contributed by atoms with Crippen LogP contribution in [-0.4, -0.2) is 33.3 Å². The number of rotatable bonds is 9. The van der Waals surface area contributed by atoms with Crippen molar-refractivity contribution in [1.82, 2.24) is 10.6 Å². The zero-order valence-electron chi connectivity index (χ0n) is 16.3. The van der Waals surface area contributed by atoms with Crippen LogP contribution in [0.15, 0.2) is 53.5 Å². The highest BCUT2D eigenvalue weighted by Crippen LogP contribution is 2.13. The van der Waals surface area contributed by atoms with Crippen LogP contribution >= 0.6 is 24.0 Å². The fourth-order valence-corrected chi connectivity index (χ4v) is 2.65. The number of hydrogen-bond acceptors (Lipinski definition) is 3. The fraction of sp³-hybridized carbons (Fsp3) is 0.381. The first-order valence-electron chi connectivity index (χ1n) is 8.98. The minimum Gasteiger partial charge on any atom is -0.491 e. The Labute approximate surface area is 179 Å². The average molecular weight is 483 g/mol. The molecule has 2 N–H and O–H groups in total. The van der Waals surface area contributed by atoms with Crippen LogP contribution in [0, 0.1) is 0 Å². The third-order valence-electron chi connectivity index (χ3n) is 4.08. The predicted molar refractivity (Wildman–Crippen MR) is 122 cm³/mol. The Morgan fingerprint density at radius 1 is 0.963 bits per heavy atom. The number of aliphatic imine (C=N–C) groups is 1. The number of nitrogens with one attached hydrogen (secondary N) is 2. The van der Waals surface area contributed by atoms with E-state index in [1.807, 2.05) is 18.2 Å². The zero-order chi connectivity index (χ0) is 18.6. The molecule has 0 radical (unpaired) electrons. The van der Waals surface area contributed by atoms with Crippen molar-refractivity contribution in [3.63, 3.8) is 0 Å². The number of halogens is 1. The molecular formula is C21H30IN3O2. The smallest absolute Gasteiger partial charge is 0.191 e. The van der Waals surface area contributed by atoms with Crippen LogP contribution in [0.3, 0.4) is 0 Å². The van der Waals surface area contributed by atoms with Gasteiger partial charge in [-0.1, -0.05) is 43.3 Å². The molecule has 6 heteroatoms. The minimum absolute atomic E-state index is 0. The Hall–Kier alpha value is -1.80. The van der Waals surface area contributed by atoms with Gasteiger partial charge < -0.3 is 20.1 Å². The van der Waals surface area contributed by atoms with E-state index in [0.29, 0.717) is 19.8 Å². The van der Waals surface area contributed by atoms with Gasteiger partial charge in [-0.2, -0.15) is 0 Å². The second-order valence-electron chi connectivity index (χ2n) is 5.89. The molecule has 0 saturated carbocycles. The van der Waals surface area contributed by atoms with E-state index >= 15 is 0 Å². The van der Waals surface area contributed by atoms with E-state index in [1.54, 1.807) is 14.2 Å². The number of benzene rings is 2. The Kier molecular flexibility index (Phi) is 11.5. The second kappa shape index (κ2) is 13.4. The van der Waals surface area contributed by atoms with Crippen molar-refractivity contribution in [2.24, 2.45) is 4.99 Å². The maximum atomic E-state index is 5.65. The molecule has 0 saturated heterocycles. The molecule has 0 fully saturated rings. The van der Waals surface area contributed by atoms with Gasteiger partial charge in [0, 0.05) is 27.2 Å². The molecule has 0 aromatic heterocycles. The summed E-state index contributed by atoms with van der Waals surface area (Å²) in [4.78, 5) is 4.30. The van der Waals surface area contributed by atoms with E-state index < -0.39 is 0 Å². The van der Waals surface area contributed by atoms with Gasteiger partial charge in [0.2, 0.25) is 0 Å². The summed E-state index contributed by atoms with van der Waals surface area (Å²) >= 11 is 0. The maximum Gasteiger partial charge on any atom is 0.191 e. The molecular weight excluding hydrogens is 453 g/mol. The Balaban J connectivity index is 0.00000364. The quantitative estimate of drug-likeness (QED) is 0.247. The summed E-state index contributed by atoms with van der Waals surface area (Å²) in [5.74, 6) is 1.63. The number of nitrogens with zero attached hydrogens (tertiary/aromatic N) is 1. The normalized spacial score (nSPS) is 10.9. The molecule has 27 heavy (non-hydrogen) atoms. The van der Waals surface area contributed by atoms with E-state index in [9.17, 15) is 0 Å². The van der Waals surface area contributed by atoms with Crippen LogP contribution in [0.4, 0.5) is 0 Å².